The van der Waals surface area contributed by atoms with Crippen LogP contribution in [0.5, 0.6) is 0 Å². The van der Waals surface area contributed by atoms with Gasteiger partial charge < -0.3 is 9.80 Å². The van der Waals surface area contributed by atoms with Gasteiger partial charge in [0.05, 0.1) is 11.4 Å². The summed E-state index contributed by atoms with van der Waals surface area (Å²) in [5.74, 6) is 0. The predicted octanol–water partition coefficient (Wildman–Crippen LogP) is 16.6. The highest BCUT2D eigenvalue weighted by Crippen LogP contribution is 2.46. The van der Waals surface area contributed by atoms with Crippen molar-refractivity contribution in [2.75, 3.05) is 9.80 Å². The fourth-order valence-electron chi connectivity index (χ4n) is 8.85. The number of hydrogen-bond acceptors (Lipinski definition) is 2. The summed E-state index contributed by atoms with van der Waals surface area (Å²) in [5.41, 5.74) is 9.05. The first-order valence-electron chi connectivity index (χ1n) is 20.6. The second-order valence-electron chi connectivity index (χ2n) is 15.4. The standard InChI is InChI=1S/C58H40N2/c1-2-18-47(19-3-1)59(50-37-32-43-14-4-5-15-44(43)38-50)48-33-28-41(29-34-48)26-27-42-30-35-49(36-31-42)60(57-39-45-16-6-8-20-51(45)53-22-10-12-24-55(53)57)58-40-46-17-7-9-21-52(46)54-23-11-13-25-56(54)58/h1-40H/b27-26+. The summed E-state index contributed by atoms with van der Waals surface area (Å²) < 4.78 is 0. The lowest BCUT2D eigenvalue weighted by Gasteiger charge is -2.29. The van der Waals surface area contributed by atoms with Gasteiger partial charge in [0, 0.05) is 33.5 Å². The molecule has 0 radical (unpaired) electrons. The normalized spacial score (nSPS) is 11.6. The Morgan fingerprint density at radius 3 is 1.15 bits per heavy atom. The quantitative estimate of drug-likeness (QED) is 0.112. The second kappa shape index (κ2) is 15.1. The molecule has 0 saturated carbocycles. The highest BCUT2D eigenvalue weighted by atomic mass is 15.1. The van der Waals surface area contributed by atoms with Gasteiger partial charge in [-0.25, -0.2) is 0 Å². The molecule has 0 aliphatic rings. The monoisotopic (exact) mass is 764 g/mol. The lowest BCUT2D eigenvalue weighted by Crippen LogP contribution is -2.11. The summed E-state index contributed by atoms with van der Waals surface area (Å²) in [4.78, 5) is 4.78. The van der Waals surface area contributed by atoms with E-state index in [-0.39, 0.29) is 0 Å². The Morgan fingerprint density at radius 2 is 0.617 bits per heavy atom. The molecule has 0 heterocycles. The minimum Gasteiger partial charge on any atom is -0.310 e. The van der Waals surface area contributed by atoms with E-state index in [1.807, 2.05) is 0 Å². The SMILES string of the molecule is C(=C\c1ccc(N(c2cc3ccccc3c3ccccc23)c2cc3ccccc3c3ccccc23)cc1)/c1ccc(N(c2ccccc2)c2ccc3ccccc3c2)cc1. The van der Waals surface area contributed by atoms with Gasteiger partial charge in [0.2, 0.25) is 0 Å². The Hall–Kier alpha value is -7.94. The van der Waals surface area contributed by atoms with Crippen LogP contribution in [0.25, 0.3) is 66.0 Å². The van der Waals surface area contributed by atoms with Crippen LogP contribution >= 0.6 is 0 Å². The van der Waals surface area contributed by atoms with E-state index < -0.39 is 0 Å². The van der Waals surface area contributed by atoms with Crippen molar-refractivity contribution in [1.29, 1.82) is 0 Å². The van der Waals surface area contributed by atoms with Crippen LogP contribution in [0, 0.1) is 0 Å². The number of nitrogens with zero attached hydrogens (tertiary/aromatic N) is 2. The average Bonchev–Trinajstić information content (AvgIpc) is 3.32. The van der Waals surface area contributed by atoms with Gasteiger partial charge in [-0.05, 0) is 115 Å². The molecule has 0 aliphatic carbocycles. The number of fused-ring (bicyclic) bond motifs is 7. The van der Waals surface area contributed by atoms with Crippen LogP contribution in [0.4, 0.5) is 34.1 Å². The van der Waals surface area contributed by atoms with Crippen molar-refractivity contribution in [2.24, 2.45) is 0 Å². The second-order valence-corrected chi connectivity index (χ2v) is 15.4. The topological polar surface area (TPSA) is 6.48 Å². The number of rotatable bonds is 8. The molecule has 0 N–H and O–H groups in total. The first kappa shape index (κ1) is 35.2. The van der Waals surface area contributed by atoms with E-state index in [2.05, 4.69) is 252 Å². The molecule has 0 bridgehead atoms. The van der Waals surface area contributed by atoms with Crippen molar-refractivity contribution in [2.45, 2.75) is 0 Å². The Morgan fingerprint density at radius 1 is 0.233 bits per heavy atom. The molecule has 11 aromatic carbocycles. The molecule has 0 amide bonds. The van der Waals surface area contributed by atoms with Crippen molar-refractivity contribution in [3.63, 3.8) is 0 Å². The van der Waals surface area contributed by atoms with Gasteiger partial charge in [-0.15, -0.1) is 0 Å². The zero-order chi connectivity index (χ0) is 39.8. The Bertz CT molecular complexity index is 3250. The van der Waals surface area contributed by atoms with Crippen LogP contribution < -0.4 is 9.80 Å². The van der Waals surface area contributed by atoms with Gasteiger partial charge in [-0.3, -0.25) is 0 Å². The van der Waals surface area contributed by atoms with Crippen LogP contribution in [-0.2, 0) is 0 Å². The maximum absolute atomic E-state index is 2.46. The third kappa shape index (κ3) is 6.41. The molecular formula is C58H40N2. The van der Waals surface area contributed by atoms with Crippen molar-refractivity contribution >= 4 is 100 Å². The Balaban J connectivity index is 0.970. The van der Waals surface area contributed by atoms with Crippen LogP contribution in [0.3, 0.4) is 0 Å². The van der Waals surface area contributed by atoms with E-state index in [0.29, 0.717) is 0 Å². The van der Waals surface area contributed by atoms with Gasteiger partial charge in [0.25, 0.3) is 0 Å². The molecule has 0 unspecified atom stereocenters. The largest absolute Gasteiger partial charge is 0.310 e. The van der Waals surface area contributed by atoms with Crippen LogP contribution in [0.1, 0.15) is 11.1 Å². The minimum absolute atomic E-state index is 1.10. The van der Waals surface area contributed by atoms with E-state index in [9.17, 15) is 0 Å². The van der Waals surface area contributed by atoms with Crippen LogP contribution in [0.15, 0.2) is 231 Å². The molecule has 0 atom stereocenters. The van der Waals surface area contributed by atoms with Gasteiger partial charge in [-0.1, -0.05) is 182 Å². The maximum atomic E-state index is 2.46. The fraction of sp³-hybridized carbons (Fsp3) is 0. The zero-order valence-corrected chi connectivity index (χ0v) is 33.0. The van der Waals surface area contributed by atoms with E-state index in [1.165, 1.54) is 53.9 Å². The number of anilines is 6. The summed E-state index contributed by atoms with van der Waals surface area (Å²) in [6, 6.07) is 83.4. The average molecular weight is 765 g/mol. The van der Waals surface area contributed by atoms with Gasteiger partial charge in [0.15, 0.2) is 0 Å². The Labute approximate surface area is 350 Å². The molecule has 282 valence electrons. The van der Waals surface area contributed by atoms with Crippen molar-refractivity contribution < 1.29 is 0 Å². The molecule has 0 saturated heterocycles. The van der Waals surface area contributed by atoms with Gasteiger partial charge in [-0.2, -0.15) is 0 Å². The number of benzene rings is 11. The Kier molecular flexibility index (Phi) is 8.87. The van der Waals surface area contributed by atoms with Crippen LogP contribution in [0.2, 0.25) is 0 Å². The van der Waals surface area contributed by atoms with Crippen molar-refractivity contribution in [3.8, 4) is 0 Å². The predicted molar refractivity (Wildman–Crippen MR) is 259 cm³/mol. The maximum Gasteiger partial charge on any atom is 0.0546 e. The minimum atomic E-state index is 1.10. The highest BCUT2D eigenvalue weighted by Gasteiger charge is 2.20. The molecule has 2 nitrogen and oxygen atoms in total. The molecule has 11 rings (SSSR count). The molecule has 0 aliphatic heterocycles. The molecule has 0 fully saturated rings. The summed E-state index contributed by atoms with van der Waals surface area (Å²) in [5, 5.41) is 12.3. The van der Waals surface area contributed by atoms with E-state index in [4.69, 9.17) is 0 Å². The summed E-state index contributed by atoms with van der Waals surface area (Å²) in [7, 11) is 0. The van der Waals surface area contributed by atoms with Gasteiger partial charge >= 0.3 is 0 Å². The van der Waals surface area contributed by atoms with E-state index in [0.717, 1.165) is 45.3 Å². The number of para-hydroxylation sites is 1. The number of hydrogen-bond donors (Lipinski definition) is 0. The van der Waals surface area contributed by atoms with Crippen molar-refractivity contribution in [1.82, 2.24) is 0 Å². The molecular weight excluding hydrogens is 725 g/mol. The first-order valence-corrected chi connectivity index (χ1v) is 20.6. The lowest BCUT2D eigenvalue weighted by molar-refractivity contribution is 1.29. The molecule has 0 spiro atoms. The smallest absolute Gasteiger partial charge is 0.0546 e. The first-order chi connectivity index (χ1) is 29.7. The molecule has 2 heteroatoms. The molecule has 0 aromatic heterocycles. The third-order valence-electron chi connectivity index (χ3n) is 11.8. The summed E-state index contributed by atoms with van der Waals surface area (Å²) in [6.45, 7) is 0. The van der Waals surface area contributed by atoms with Crippen molar-refractivity contribution in [3.05, 3.63) is 242 Å². The van der Waals surface area contributed by atoms with E-state index >= 15 is 0 Å². The molecule has 11 aromatic rings. The highest BCUT2D eigenvalue weighted by molar-refractivity contribution is 6.18. The van der Waals surface area contributed by atoms with Gasteiger partial charge in [0.1, 0.15) is 0 Å². The zero-order valence-electron chi connectivity index (χ0n) is 33.0. The van der Waals surface area contributed by atoms with E-state index in [1.54, 1.807) is 0 Å². The summed E-state index contributed by atoms with van der Waals surface area (Å²) >= 11 is 0. The molecule has 60 heavy (non-hydrogen) atoms. The lowest BCUT2D eigenvalue weighted by atomic mass is 9.96. The fourth-order valence-corrected chi connectivity index (χ4v) is 8.85. The third-order valence-corrected chi connectivity index (χ3v) is 11.8. The summed E-state index contributed by atoms with van der Waals surface area (Å²) in [6.07, 6.45) is 4.41. The van der Waals surface area contributed by atoms with Crippen LogP contribution in [-0.4, -0.2) is 0 Å².